The predicted molar refractivity (Wildman–Crippen MR) is 51.9 cm³/mol. The number of amides is 1. The number of nitrogens with zero attached hydrogens (tertiary/aromatic N) is 2. The zero-order chi connectivity index (χ0) is 10.6. The maximum absolute atomic E-state index is 11.6. The average Bonchev–Trinajstić information content (AvgIpc) is 2.60. The van der Waals surface area contributed by atoms with E-state index in [1.54, 1.807) is 24.9 Å². The third-order valence-corrected chi connectivity index (χ3v) is 1.88. The second-order valence-corrected chi connectivity index (χ2v) is 3.20. The van der Waals surface area contributed by atoms with Gasteiger partial charge >= 0.3 is 0 Å². The standard InChI is InChI=1S/C9H15N3O2/c1-7-6-8(14-11-7)9(13)12(2)5-3-4-10/h6H,3-5,10H2,1-2H3. The minimum Gasteiger partial charge on any atom is -0.351 e. The van der Waals surface area contributed by atoms with E-state index in [1.807, 2.05) is 0 Å². The first-order valence-electron chi connectivity index (χ1n) is 4.54. The molecule has 5 nitrogen and oxygen atoms in total. The first-order chi connectivity index (χ1) is 6.65. The molecule has 1 amide bonds. The number of aromatic nitrogens is 1. The molecule has 0 saturated heterocycles. The number of carbonyl (C=O) groups excluding carboxylic acids is 1. The van der Waals surface area contributed by atoms with Crippen LogP contribution in [-0.4, -0.2) is 36.1 Å². The maximum Gasteiger partial charge on any atom is 0.292 e. The van der Waals surface area contributed by atoms with Crippen LogP contribution in [-0.2, 0) is 0 Å². The van der Waals surface area contributed by atoms with Gasteiger partial charge in [-0.25, -0.2) is 0 Å². The molecule has 2 N–H and O–H groups in total. The summed E-state index contributed by atoms with van der Waals surface area (Å²) in [4.78, 5) is 13.2. The lowest BCUT2D eigenvalue weighted by Crippen LogP contribution is -2.28. The lowest BCUT2D eigenvalue weighted by Gasteiger charge is -2.13. The molecule has 0 fully saturated rings. The van der Waals surface area contributed by atoms with Crippen LogP contribution in [0.2, 0.25) is 0 Å². The van der Waals surface area contributed by atoms with Crippen molar-refractivity contribution in [2.45, 2.75) is 13.3 Å². The molecule has 0 spiro atoms. The molecule has 0 aliphatic heterocycles. The summed E-state index contributed by atoms with van der Waals surface area (Å²) >= 11 is 0. The summed E-state index contributed by atoms with van der Waals surface area (Å²) in [6.07, 6.45) is 0.787. The van der Waals surface area contributed by atoms with E-state index in [0.717, 1.165) is 6.42 Å². The molecule has 14 heavy (non-hydrogen) atoms. The fraction of sp³-hybridized carbons (Fsp3) is 0.556. The van der Waals surface area contributed by atoms with Crippen LogP contribution < -0.4 is 5.73 Å². The number of nitrogens with two attached hydrogens (primary N) is 1. The van der Waals surface area contributed by atoms with Gasteiger partial charge in [0.1, 0.15) is 0 Å². The normalized spacial score (nSPS) is 10.2. The summed E-state index contributed by atoms with van der Waals surface area (Å²) in [7, 11) is 1.72. The van der Waals surface area contributed by atoms with Crippen LogP contribution in [0.3, 0.4) is 0 Å². The van der Waals surface area contributed by atoms with Crippen molar-refractivity contribution in [3.8, 4) is 0 Å². The van der Waals surface area contributed by atoms with Crippen LogP contribution in [0.4, 0.5) is 0 Å². The van der Waals surface area contributed by atoms with Crippen LogP contribution in [0, 0.1) is 6.92 Å². The molecular weight excluding hydrogens is 182 g/mol. The Bertz CT molecular complexity index is 309. The van der Waals surface area contributed by atoms with Crippen molar-refractivity contribution >= 4 is 5.91 Å². The van der Waals surface area contributed by atoms with Crippen LogP contribution in [0.15, 0.2) is 10.6 Å². The van der Waals surface area contributed by atoms with Gasteiger partial charge in [-0.05, 0) is 19.9 Å². The highest BCUT2D eigenvalue weighted by atomic mass is 16.5. The van der Waals surface area contributed by atoms with Crippen molar-refractivity contribution < 1.29 is 9.32 Å². The third-order valence-electron chi connectivity index (χ3n) is 1.88. The summed E-state index contributed by atoms with van der Waals surface area (Å²) in [6, 6.07) is 1.63. The van der Waals surface area contributed by atoms with Crippen LogP contribution in [0.1, 0.15) is 22.7 Å². The van der Waals surface area contributed by atoms with Gasteiger partial charge < -0.3 is 15.2 Å². The zero-order valence-electron chi connectivity index (χ0n) is 8.49. The molecule has 1 aromatic rings. The van der Waals surface area contributed by atoms with Gasteiger partial charge in [-0.2, -0.15) is 0 Å². The molecule has 0 atom stereocenters. The van der Waals surface area contributed by atoms with E-state index < -0.39 is 0 Å². The molecule has 1 aromatic heterocycles. The molecule has 0 saturated carbocycles. The Morgan fingerprint density at radius 3 is 2.93 bits per heavy atom. The van der Waals surface area contributed by atoms with Gasteiger partial charge in [0.05, 0.1) is 5.69 Å². The molecule has 1 rings (SSSR count). The van der Waals surface area contributed by atoms with Gasteiger partial charge in [-0.1, -0.05) is 5.16 Å². The molecule has 0 unspecified atom stereocenters. The van der Waals surface area contributed by atoms with Crippen molar-refractivity contribution in [1.82, 2.24) is 10.1 Å². The van der Waals surface area contributed by atoms with Gasteiger partial charge in [0, 0.05) is 19.7 Å². The Hall–Kier alpha value is -1.36. The summed E-state index contributed by atoms with van der Waals surface area (Å²) in [5.41, 5.74) is 6.05. The van der Waals surface area contributed by atoms with Gasteiger partial charge in [0.15, 0.2) is 0 Å². The molecule has 1 heterocycles. The molecule has 0 aliphatic carbocycles. The lowest BCUT2D eigenvalue weighted by molar-refractivity contribution is 0.0753. The number of carbonyl (C=O) groups is 1. The Morgan fingerprint density at radius 1 is 1.71 bits per heavy atom. The van der Waals surface area contributed by atoms with Gasteiger partial charge in [0.25, 0.3) is 5.91 Å². The monoisotopic (exact) mass is 197 g/mol. The second kappa shape index (κ2) is 4.76. The first kappa shape index (κ1) is 10.7. The Balaban J connectivity index is 2.56. The van der Waals surface area contributed by atoms with Gasteiger partial charge in [-0.3, -0.25) is 4.79 Å². The SMILES string of the molecule is Cc1cc(C(=O)N(C)CCCN)on1. The summed E-state index contributed by atoms with van der Waals surface area (Å²) in [5, 5.41) is 3.65. The number of hydrogen-bond donors (Lipinski definition) is 1. The van der Waals surface area contributed by atoms with E-state index in [1.165, 1.54) is 0 Å². The smallest absolute Gasteiger partial charge is 0.292 e. The number of rotatable bonds is 4. The van der Waals surface area contributed by atoms with Crippen LogP contribution in [0.5, 0.6) is 0 Å². The molecular formula is C9H15N3O2. The minimum atomic E-state index is -0.154. The van der Waals surface area contributed by atoms with Crippen molar-refractivity contribution in [3.63, 3.8) is 0 Å². The van der Waals surface area contributed by atoms with Crippen molar-refractivity contribution in [3.05, 3.63) is 17.5 Å². The van der Waals surface area contributed by atoms with Gasteiger partial charge in [-0.15, -0.1) is 0 Å². The zero-order valence-corrected chi connectivity index (χ0v) is 8.49. The summed E-state index contributed by atoms with van der Waals surface area (Å²) in [5.74, 6) is 0.126. The quantitative estimate of drug-likeness (QED) is 0.758. The number of aryl methyl sites for hydroxylation is 1. The first-order valence-corrected chi connectivity index (χ1v) is 4.54. The summed E-state index contributed by atoms with van der Waals surface area (Å²) < 4.78 is 4.85. The van der Waals surface area contributed by atoms with E-state index in [4.69, 9.17) is 10.3 Å². The van der Waals surface area contributed by atoms with Gasteiger partial charge in [0.2, 0.25) is 5.76 Å². The van der Waals surface area contributed by atoms with E-state index >= 15 is 0 Å². The third kappa shape index (κ3) is 2.56. The molecule has 0 bridgehead atoms. The highest BCUT2D eigenvalue weighted by Crippen LogP contribution is 2.05. The van der Waals surface area contributed by atoms with E-state index in [-0.39, 0.29) is 11.7 Å². The lowest BCUT2D eigenvalue weighted by atomic mass is 10.3. The molecule has 0 aromatic carbocycles. The number of hydrogen-bond acceptors (Lipinski definition) is 4. The van der Waals surface area contributed by atoms with E-state index in [0.29, 0.717) is 18.8 Å². The average molecular weight is 197 g/mol. The molecule has 0 radical (unpaired) electrons. The van der Waals surface area contributed by atoms with Crippen molar-refractivity contribution in [1.29, 1.82) is 0 Å². The fourth-order valence-corrected chi connectivity index (χ4v) is 1.08. The topological polar surface area (TPSA) is 72.4 Å². The maximum atomic E-state index is 11.6. The molecule has 0 aliphatic rings. The largest absolute Gasteiger partial charge is 0.351 e. The van der Waals surface area contributed by atoms with Crippen LogP contribution in [0.25, 0.3) is 0 Å². The van der Waals surface area contributed by atoms with E-state index in [9.17, 15) is 4.79 Å². The molecule has 5 heteroatoms. The van der Waals surface area contributed by atoms with Crippen LogP contribution >= 0.6 is 0 Å². The van der Waals surface area contributed by atoms with Crippen molar-refractivity contribution in [2.24, 2.45) is 5.73 Å². The Labute approximate surface area is 82.8 Å². The fourth-order valence-electron chi connectivity index (χ4n) is 1.08. The minimum absolute atomic E-state index is 0.154. The molecule has 78 valence electrons. The van der Waals surface area contributed by atoms with Crippen molar-refractivity contribution in [2.75, 3.05) is 20.1 Å². The second-order valence-electron chi connectivity index (χ2n) is 3.20. The Kier molecular flexibility index (Phi) is 3.64. The van der Waals surface area contributed by atoms with E-state index in [2.05, 4.69) is 5.16 Å². The highest BCUT2D eigenvalue weighted by molar-refractivity contribution is 5.91. The predicted octanol–water partition coefficient (Wildman–Crippen LogP) is 0.404. The summed E-state index contributed by atoms with van der Waals surface area (Å²) in [6.45, 7) is 2.99. The highest BCUT2D eigenvalue weighted by Gasteiger charge is 2.15. The Morgan fingerprint density at radius 2 is 2.43 bits per heavy atom.